The first kappa shape index (κ1) is 20.1. The number of benzene rings is 1. The van der Waals surface area contributed by atoms with Crippen molar-refractivity contribution in [2.45, 2.75) is 51.9 Å². The summed E-state index contributed by atoms with van der Waals surface area (Å²) < 4.78 is 14.5. The van der Waals surface area contributed by atoms with Gasteiger partial charge in [-0.25, -0.2) is 0 Å². The summed E-state index contributed by atoms with van der Waals surface area (Å²) in [5.41, 5.74) is 0.895. The van der Waals surface area contributed by atoms with Crippen molar-refractivity contribution in [3.63, 3.8) is 0 Å². The Morgan fingerprint density at radius 1 is 1.26 bits per heavy atom. The lowest BCUT2D eigenvalue weighted by Crippen LogP contribution is -2.10. The fraction of sp³-hybridized carbons (Fsp3) is 0.526. The minimum Gasteiger partial charge on any atom is -0.490 e. The van der Waals surface area contributed by atoms with Gasteiger partial charge in [0.1, 0.15) is 0 Å². The number of nitrogens with one attached hydrogen (secondary N) is 1. The van der Waals surface area contributed by atoms with Crippen molar-refractivity contribution >= 4 is 34.4 Å². The highest BCUT2D eigenvalue weighted by atomic mass is 79.9. The normalized spacial score (nSPS) is 15.4. The predicted molar refractivity (Wildman–Crippen MR) is 113 cm³/mol. The van der Waals surface area contributed by atoms with Gasteiger partial charge in [0.15, 0.2) is 17.3 Å². The van der Waals surface area contributed by atoms with Crippen LogP contribution in [0, 0.1) is 4.77 Å². The SMILES string of the molecule is CCOc1cc(/C=N\n2c(C3CCCCC3)n[nH]c2=S)cc(Br)c1OCC. The average molecular weight is 453 g/mol. The fourth-order valence-electron chi connectivity index (χ4n) is 3.37. The zero-order valence-corrected chi connectivity index (χ0v) is 18.1. The second-order valence-corrected chi connectivity index (χ2v) is 7.72. The maximum Gasteiger partial charge on any atom is 0.216 e. The second kappa shape index (κ2) is 9.50. The summed E-state index contributed by atoms with van der Waals surface area (Å²) in [5, 5.41) is 11.9. The molecule has 0 radical (unpaired) electrons. The number of hydrogen-bond acceptors (Lipinski definition) is 5. The van der Waals surface area contributed by atoms with E-state index in [1.807, 2.05) is 26.0 Å². The van der Waals surface area contributed by atoms with E-state index in [2.05, 4.69) is 31.2 Å². The van der Waals surface area contributed by atoms with Crippen LogP contribution >= 0.6 is 28.1 Å². The maximum absolute atomic E-state index is 5.73. The maximum atomic E-state index is 5.73. The summed E-state index contributed by atoms with van der Waals surface area (Å²) >= 11 is 8.95. The molecule has 1 aliphatic carbocycles. The van der Waals surface area contributed by atoms with Gasteiger partial charge < -0.3 is 9.47 Å². The van der Waals surface area contributed by atoms with E-state index in [1.165, 1.54) is 19.3 Å². The summed E-state index contributed by atoms with van der Waals surface area (Å²) in [6.45, 7) is 5.03. The summed E-state index contributed by atoms with van der Waals surface area (Å²) in [6.07, 6.45) is 7.82. The number of aromatic amines is 1. The highest BCUT2D eigenvalue weighted by Gasteiger charge is 2.21. The van der Waals surface area contributed by atoms with Gasteiger partial charge in [0.2, 0.25) is 4.77 Å². The Labute approximate surface area is 173 Å². The van der Waals surface area contributed by atoms with E-state index in [0.29, 0.717) is 35.4 Å². The molecule has 0 spiro atoms. The first-order valence-corrected chi connectivity index (χ1v) is 10.6. The van der Waals surface area contributed by atoms with Crippen molar-refractivity contribution in [3.8, 4) is 11.5 Å². The molecule has 1 N–H and O–H groups in total. The predicted octanol–water partition coefficient (Wildman–Crippen LogP) is 5.43. The van der Waals surface area contributed by atoms with Crippen LogP contribution in [0.25, 0.3) is 0 Å². The molecule has 146 valence electrons. The van der Waals surface area contributed by atoms with E-state index < -0.39 is 0 Å². The van der Waals surface area contributed by atoms with Gasteiger partial charge in [-0.15, -0.1) is 0 Å². The lowest BCUT2D eigenvalue weighted by molar-refractivity contribution is 0.286. The van der Waals surface area contributed by atoms with Crippen LogP contribution in [0.1, 0.15) is 63.3 Å². The van der Waals surface area contributed by atoms with Crippen molar-refractivity contribution in [2.24, 2.45) is 5.10 Å². The largest absolute Gasteiger partial charge is 0.490 e. The van der Waals surface area contributed by atoms with Crippen LogP contribution in [-0.4, -0.2) is 34.3 Å². The number of hydrogen-bond donors (Lipinski definition) is 1. The third-order valence-electron chi connectivity index (χ3n) is 4.59. The lowest BCUT2D eigenvalue weighted by Gasteiger charge is -2.19. The Bertz CT molecular complexity index is 856. The summed E-state index contributed by atoms with van der Waals surface area (Å²) in [4.78, 5) is 0. The number of nitrogens with zero attached hydrogens (tertiary/aromatic N) is 3. The molecule has 8 heteroatoms. The Balaban J connectivity index is 1.90. The zero-order valence-electron chi connectivity index (χ0n) is 15.7. The van der Waals surface area contributed by atoms with Crippen LogP contribution in [0.5, 0.6) is 11.5 Å². The van der Waals surface area contributed by atoms with Crippen molar-refractivity contribution in [2.75, 3.05) is 13.2 Å². The molecule has 1 heterocycles. The van der Waals surface area contributed by atoms with Gasteiger partial charge >= 0.3 is 0 Å². The molecule has 0 atom stereocenters. The number of H-pyrrole nitrogens is 1. The number of ether oxygens (including phenoxy) is 2. The molecule has 6 nitrogen and oxygen atoms in total. The molecule has 1 aromatic heterocycles. The topological polar surface area (TPSA) is 64.4 Å². The van der Waals surface area contributed by atoms with Gasteiger partial charge in [-0.05, 0) is 72.5 Å². The molecule has 0 amide bonds. The third kappa shape index (κ3) is 4.79. The molecule has 27 heavy (non-hydrogen) atoms. The first-order valence-electron chi connectivity index (χ1n) is 9.44. The van der Waals surface area contributed by atoms with Crippen molar-refractivity contribution in [1.29, 1.82) is 0 Å². The van der Waals surface area contributed by atoms with Gasteiger partial charge in [-0.2, -0.15) is 14.9 Å². The van der Waals surface area contributed by atoms with E-state index >= 15 is 0 Å². The molecule has 0 unspecified atom stereocenters. The molecule has 1 fully saturated rings. The molecular weight excluding hydrogens is 428 g/mol. The summed E-state index contributed by atoms with van der Waals surface area (Å²) in [6, 6.07) is 3.88. The molecule has 2 aromatic rings. The first-order chi connectivity index (χ1) is 13.1. The minimum atomic E-state index is 0.412. The summed E-state index contributed by atoms with van der Waals surface area (Å²) in [7, 11) is 0. The second-order valence-electron chi connectivity index (χ2n) is 6.47. The standard InChI is InChI=1S/C19H25BrN4O2S/c1-3-25-16-11-13(10-15(20)17(16)26-4-2)12-21-24-18(22-23-19(24)27)14-8-6-5-7-9-14/h10-12,14H,3-9H2,1-2H3,(H,23,27)/b21-12-. The van der Waals surface area contributed by atoms with E-state index in [0.717, 1.165) is 28.7 Å². The minimum absolute atomic E-state index is 0.412. The monoisotopic (exact) mass is 452 g/mol. The van der Waals surface area contributed by atoms with Crippen molar-refractivity contribution in [3.05, 3.63) is 32.8 Å². The third-order valence-corrected chi connectivity index (χ3v) is 5.44. The van der Waals surface area contributed by atoms with Gasteiger partial charge in [-0.1, -0.05) is 19.3 Å². The quantitative estimate of drug-likeness (QED) is 0.449. The van der Waals surface area contributed by atoms with Crippen LogP contribution in [0.4, 0.5) is 0 Å². The van der Waals surface area contributed by atoms with Crippen LogP contribution in [0.2, 0.25) is 0 Å². The molecule has 1 saturated carbocycles. The van der Waals surface area contributed by atoms with Crippen LogP contribution in [-0.2, 0) is 0 Å². The van der Waals surface area contributed by atoms with E-state index in [9.17, 15) is 0 Å². The Hall–Kier alpha value is -1.67. The van der Waals surface area contributed by atoms with Crippen LogP contribution < -0.4 is 9.47 Å². The molecule has 3 rings (SSSR count). The van der Waals surface area contributed by atoms with Crippen molar-refractivity contribution < 1.29 is 9.47 Å². The Morgan fingerprint density at radius 3 is 2.70 bits per heavy atom. The van der Waals surface area contributed by atoms with Gasteiger partial charge in [-0.3, -0.25) is 5.10 Å². The molecule has 1 aliphatic rings. The smallest absolute Gasteiger partial charge is 0.216 e. The molecule has 0 bridgehead atoms. The molecule has 0 aliphatic heterocycles. The van der Waals surface area contributed by atoms with Gasteiger partial charge in [0.25, 0.3) is 0 Å². The number of rotatable bonds is 7. The Morgan fingerprint density at radius 2 is 2.00 bits per heavy atom. The number of aromatic nitrogens is 3. The Kier molecular flexibility index (Phi) is 7.07. The lowest BCUT2D eigenvalue weighted by atomic mass is 9.89. The average Bonchev–Trinajstić information content (AvgIpc) is 3.04. The van der Waals surface area contributed by atoms with Crippen LogP contribution in [0.15, 0.2) is 21.7 Å². The van der Waals surface area contributed by atoms with Gasteiger partial charge in [0.05, 0.1) is 23.9 Å². The van der Waals surface area contributed by atoms with Crippen LogP contribution in [0.3, 0.4) is 0 Å². The van der Waals surface area contributed by atoms with E-state index in [1.54, 1.807) is 10.9 Å². The zero-order chi connectivity index (χ0) is 19.2. The molecule has 1 aromatic carbocycles. The highest BCUT2D eigenvalue weighted by molar-refractivity contribution is 9.10. The fourth-order valence-corrected chi connectivity index (χ4v) is 4.14. The van der Waals surface area contributed by atoms with Gasteiger partial charge in [0, 0.05) is 5.92 Å². The molecule has 0 saturated heterocycles. The van der Waals surface area contributed by atoms with E-state index in [4.69, 9.17) is 21.7 Å². The van der Waals surface area contributed by atoms with E-state index in [-0.39, 0.29) is 0 Å². The highest BCUT2D eigenvalue weighted by Crippen LogP contribution is 2.36. The summed E-state index contributed by atoms with van der Waals surface area (Å²) in [5.74, 6) is 2.73. The molecular formula is C19H25BrN4O2S. The van der Waals surface area contributed by atoms with Crippen molar-refractivity contribution in [1.82, 2.24) is 14.9 Å². The number of halogens is 1.